The van der Waals surface area contributed by atoms with E-state index in [4.69, 9.17) is 5.73 Å². The van der Waals surface area contributed by atoms with Gasteiger partial charge in [0.1, 0.15) is 18.1 Å². The van der Waals surface area contributed by atoms with Gasteiger partial charge in [-0.05, 0) is 24.7 Å². The minimum Gasteiger partial charge on any atom is -0.480 e. The lowest BCUT2D eigenvalue weighted by molar-refractivity contribution is -0.149. The Bertz CT molecular complexity index is 827. The highest BCUT2D eigenvalue weighted by Crippen LogP contribution is 2.19. The smallest absolute Gasteiger partial charge is 0.326 e. The maximum absolute atomic E-state index is 13.3. The summed E-state index contributed by atoms with van der Waals surface area (Å²) in [5.41, 5.74) is 6.63. The number of nitrogens with zero attached hydrogens (tertiary/aromatic N) is 2. The molecule has 184 valence electrons. The molecule has 11 nitrogen and oxygen atoms in total. The summed E-state index contributed by atoms with van der Waals surface area (Å²) in [6.45, 7) is 7.67. The van der Waals surface area contributed by atoms with Crippen molar-refractivity contribution in [1.29, 1.82) is 0 Å². The summed E-state index contributed by atoms with van der Waals surface area (Å²) in [6.07, 6.45) is 4.77. The number of aliphatic carboxylic acids is 1. The lowest BCUT2D eigenvalue weighted by atomic mass is 9.97. The molecule has 0 radical (unpaired) electrons. The van der Waals surface area contributed by atoms with Crippen molar-refractivity contribution in [1.82, 2.24) is 25.5 Å². The van der Waals surface area contributed by atoms with Gasteiger partial charge in [0.25, 0.3) is 0 Å². The van der Waals surface area contributed by atoms with E-state index in [2.05, 4.69) is 20.6 Å². The maximum Gasteiger partial charge on any atom is 0.326 e. The van der Waals surface area contributed by atoms with Gasteiger partial charge in [0, 0.05) is 24.9 Å². The number of carbonyl (C=O) groups excluding carboxylic acids is 3. The minimum atomic E-state index is -1.07. The highest BCUT2D eigenvalue weighted by molar-refractivity contribution is 5.94. The van der Waals surface area contributed by atoms with Crippen LogP contribution in [-0.4, -0.2) is 74.4 Å². The number of H-pyrrole nitrogens is 1. The molecule has 5 unspecified atom stereocenters. The van der Waals surface area contributed by atoms with Crippen LogP contribution in [0.4, 0.5) is 0 Å². The Morgan fingerprint density at radius 1 is 1.24 bits per heavy atom. The van der Waals surface area contributed by atoms with Gasteiger partial charge < -0.3 is 31.4 Å². The molecule has 1 fully saturated rings. The van der Waals surface area contributed by atoms with Crippen LogP contribution in [0.3, 0.4) is 0 Å². The average molecular weight is 465 g/mol. The van der Waals surface area contributed by atoms with Gasteiger partial charge in [0.2, 0.25) is 17.7 Å². The van der Waals surface area contributed by atoms with Gasteiger partial charge in [0.15, 0.2) is 0 Å². The summed E-state index contributed by atoms with van der Waals surface area (Å²) in [7, 11) is 0. The fraction of sp³-hybridized carbons (Fsp3) is 0.682. The molecule has 0 aromatic carbocycles. The van der Waals surface area contributed by atoms with Crippen LogP contribution in [-0.2, 0) is 25.6 Å². The van der Waals surface area contributed by atoms with Crippen LogP contribution in [0.15, 0.2) is 12.5 Å². The molecule has 0 spiro atoms. The third kappa shape index (κ3) is 6.77. The molecule has 1 aliphatic heterocycles. The third-order valence-electron chi connectivity index (χ3n) is 6.22. The minimum absolute atomic E-state index is 0.0568. The summed E-state index contributed by atoms with van der Waals surface area (Å²) >= 11 is 0. The van der Waals surface area contributed by atoms with E-state index in [0.717, 1.165) is 0 Å². The van der Waals surface area contributed by atoms with E-state index in [0.29, 0.717) is 31.5 Å². The number of carbonyl (C=O) groups is 4. The Labute approximate surface area is 193 Å². The van der Waals surface area contributed by atoms with Crippen molar-refractivity contribution in [3.63, 3.8) is 0 Å². The molecule has 3 amide bonds. The lowest BCUT2D eigenvalue weighted by Crippen LogP contribution is -2.59. The van der Waals surface area contributed by atoms with Crippen LogP contribution in [0.25, 0.3) is 0 Å². The van der Waals surface area contributed by atoms with Crippen LogP contribution in [0.5, 0.6) is 0 Å². The molecule has 1 aromatic heterocycles. The zero-order valence-corrected chi connectivity index (χ0v) is 19.7. The van der Waals surface area contributed by atoms with Crippen LogP contribution >= 0.6 is 0 Å². The Kier molecular flexibility index (Phi) is 9.39. The van der Waals surface area contributed by atoms with E-state index >= 15 is 0 Å². The van der Waals surface area contributed by atoms with Gasteiger partial charge >= 0.3 is 5.97 Å². The number of rotatable bonds is 11. The number of carboxylic acid groups (broad SMARTS) is 1. The average Bonchev–Trinajstić information content (AvgIpc) is 3.46. The molecule has 5 atom stereocenters. The van der Waals surface area contributed by atoms with Gasteiger partial charge in [0.05, 0.1) is 12.4 Å². The number of likely N-dealkylation sites (tertiary alicyclic amines) is 1. The van der Waals surface area contributed by atoms with Gasteiger partial charge in [-0.3, -0.25) is 14.4 Å². The number of nitrogens with one attached hydrogen (secondary N) is 3. The second-order valence-electron chi connectivity index (χ2n) is 9.01. The molecule has 33 heavy (non-hydrogen) atoms. The summed E-state index contributed by atoms with van der Waals surface area (Å²) < 4.78 is 0. The van der Waals surface area contributed by atoms with Gasteiger partial charge in [-0.25, -0.2) is 9.78 Å². The highest BCUT2D eigenvalue weighted by atomic mass is 16.4. The predicted octanol–water partition coefficient (Wildman–Crippen LogP) is 0.0268. The van der Waals surface area contributed by atoms with Crippen LogP contribution < -0.4 is 16.4 Å². The zero-order valence-electron chi connectivity index (χ0n) is 19.7. The molecule has 0 bridgehead atoms. The van der Waals surface area contributed by atoms with Crippen molar-refractivity contribution in [3.05, 3.63) is 18.2 Å². The van der Waals surface area contributed by atoms with Crippen molar-refractivity contribution in [3.8, 4) is 0 Å². The van der Waals surface area contributed by atoms with Crippen LogP contribution in [0.2, 0.25) is 0 Å². The molecule has 6 N–H and O–H groups in total. The summed E-state index contributed by atoms with van der Waals surface area (Å²) in [5, 5.41) is 14.9. The first kappa shape index (κ1) is 26.3. The van der Waals surface area contributed by atoms with Gasteiger partial charge in [-0.1, -0.05) is 34.1 Å². The van der Waals surface area contributed by atoms with E-state index in [1.54, 1.807) is 13.8 Å². The monoisotopic (exact) mass is 464 g/mol. The van der Waals surface area contributed by atoms with E-state index in [1.807, 2.05) is 13.8 Å². The standard InChI is InChI=1S/C22H36N6O5/c1-5-13(4)17(23)19(29)27-18(12(2)3)20(30)26-15(9-14-10-24-11-25-14)21(31)28-8-6-7-16(28)22(32)33/h10-13,15-18H,5-9,23H2,1-4H3,(H,24,25)(H,26,30)(H,27,29)(H,32,33). The summed E-state index contributed by atoms with van der Waals surface area (Å²) in [4.78, 5) is 58.8. The second-order valence-corrected chi connectivity index (χ2v) is 9.01. The molecule has 0 saturated carbocycles. The third-order valence-corrected chi connectivity index (χ3v) is 6.22. The Balaban J connectivity index is 2.20. The van der Waals surface area contributed by atoms with Gasteiger partial charge in [-0.2, -0.15) is 0 Å². The van der Waals surface area contributed by atoms with E-state index in [-0.39, 0.29) is 18.3 Å². The number of hydrogen-bond acceptors (Lipinski definition) is 6. The molecule has 2 rings (SSSR count). The molecular weight excluding hydrogens is 428 g/mol. The number of imidazole rings is 1. The molecule has 1 aliphatic rings. The molecule has 0 aliphatic carbocycles. The van der Waals surface area contributed by atoms with Gasteiger partial charge in [-0.15, -0.1) is 0 Å². The van der Waals surface area contributed by atoms with E-state index in [1.165, 1.54) is 17.4 Å². The Hall–Kier alpha value is -2.95. The number of amides is 3. The first-order chi connectivity index (χ1) is 15.6. The predicted molar refractivity (Wildman–Crippen MR) is 121 cm³/mol. The largest absolute Gasteiger partial charge is 0.480 e. The van der Waals surface area contributed by atoms with E-state index in [9.17, 15) is 24.3 Å². The van der Waals surface area contributed by atoms with Crippen molar-refractivity contribution < 1.29 is 24.3 Å². The van der Waals surface area contributed by atoms with Crippen molar-refractivity contribution in [2.75, 3.05) is 6.54 Å². The first-order valence-corrected chi connectivity index (χ1v) is 11.4. The fourth-order valence-electron chi connectivity index (χ4n) is 3.86. The quantitative estimate of drug-likeness (QED) is 0.307. The second kappa shape index (κ2) is 11.8. The molecule has 2 heterocycles. The highest BCUT2D eigenvalue weighted by Gasteiger charge is 2.39. The number of carboxylic acids is 1. The topological polar surface area (TPSA) is 171 Å². The maximum atomic E-state index is 13.3. The van der Waals surface area contributed by atoms with E-state index < -0.39 is 47.9 Å². The summed E-state index contributed by atoms with van der Waals surface area (Å²) in [5.74, 6) is -2.83. The zero-order chi connectivity index (χ0) is 24.7. The molecule has 1 aromatic rings. The Morgan fingerprint density at radius 3 is 2.48 bits per heavy atom. The number of aromatic amines is 1. The Morgan fingerprint density at radius 2 is 1.94 bits per heavy atom. The number of aromatic nitrogens is 2. The molecule has 1 saturated heterocycles. The van der Waals surface area contributed by atoms with Crippen LogP contribution in [0.1, 0.15) is 52.7 Å². The van der Waals surface area contributed by atoms with Crippen molar-refractivity contribution >= 4 is 23.7 Å². The molecular formula is C22H36N6O5. The number of nitrogens with two attached hydrogens (primary N) is 1. The molecule has 11 heteroatoms. The lowest BCUT2D eigenvalue weighted by Gasteiger charge is -2.30. The normalized spacial score (nSPS) is 19.6. The van der Waals surface area contributed by atoms with Crippen molar-refractivity contribution in [2.24, 2.45) is 17.6 Å². The SMILES string of the molecule is CCC(C)C(N)C(=O)NC(C(=O)NC(Cc1cnc[nH]1)C(=O)N1CCCC1C(=O)O)C(C)C. The van der Waals surface area contributed by atoms with Crippen molar-refractivity contribution in [2.45, 2.75) is 77.5 Å². The van der Waals surface area contributed by atoms with Crippen LogP contribution in [0, 0.1) is 11.8 Å². The first-order valence-electron chi connectivity index (χ1n) is 11.4. The number of hydrogen-bond donors (Lipinski definition) is 5. The fourth-order valence-corrected chi connectivity index (χ4v) is 3.86. The summed E-state index contributed by atoms with van der Waals surface area (Å²) in [6, 6.07) is -3.60.